The number of benzene rings is 2. The van der Waals surface area contributed by atoms with Gasteiger partial charge in [-0.15, -0.1) is 0 Å². The lowest BCUT2D eigenvalue weighted by Crippen LogP contribution is -2.24. The highest BCUT2D eigenvalue weighted by molar-refractivity contribution is 6.30. The largest absolute Gasteiger partial charge is 0.306 e. The first-order chi connectivity index (χ1) is 9.63. The Morgan fingerprint density at radius 2 is 1.85 bits per heavy atom. The summed E-state index contributed by atoms with van der Waals surface area (Å²) in [4.78, 5) is 0. The second-order valence-electron chi connectivity index (χ2n) is 4.58. The summed E-state index contributed by atoms with van der Waals surface area (Å²) in [6, 6.07) is 10.7. The lowest BCUT2D eigenvalue weighted by atomic mass is 9.98. The molecular formula is C16H16ClF2N. The lowest BCUT2D eigenvalue weighted by Gasteiger charge is -2.20. The number of rotatable bonds is 5. The highest BCUT2D eigenvalue weighted by Gasteiger charge is 2.18. The van der Waals surface area contributed by atoms with E-state index >= 15 is 0 Å². The maximum Gasteiger partial charge on any atom is 0.142 e. The van der Waals surface area contributed by atoms with Crippen LogP contribution in [0.5, 0.6) is 0 Å². The van der Waals surface area contributed by atoms with Gasteiger partial charge in [0, 0.05) is 5.56 Å². The molecule has 2 aromatic carbocycles. The van der Waals surface area contributed by atoms with Crippen LogP contribution in [0.4, 0.5) is 8.78 Å². The highest BCUT2D eigenvalue weighted by Crippen LogP contribution is 2.27. The molecule has 106 valence electrons. The molecule has 0 fully saturated rings. The van der Waals surface area contributed by atoms with Gasteiger partial charge in [0.2, 0.25) is 0 Å². The van der Waals surface area contributed by atoms with Crippen molar-refractivity contribution in [1.29, 1.82) is 0 Å². The van der Waals surface area contributed by atoms with Gasteiger partial charge in [-0.2, -0.15) is 0 Å². The van der Waals surface area contributed by atoms with Gasteiger partial charge in [0.15, 0.2) is 0 Å². The quantitative estimate of drug-likeness (QED) is 0.842. The van der Waals surface area contributed by atoms with Crippen LogP contribution in [0.15, 0.2) is 42.5 Å². The van der Waals surface area contributed by atoms with Gasteiger partial charge in [-0.3, -0.25) is 0 Å². The summed E-state index contributed by atoms with van der Waals surface area (Å²) in [6.07, 6.45) is 0.904. The maximum absolute atomic E-state index is 14.0. The molecule has 1 unspecified atom stereocenters. The van der Waals surface area contributed by atoms with Crippen molar-refractivity contribution < 1.29 is 8.78 Å². The van der Waals surface area contributed by atoms with Gasteiger partial charge in [0.1, 0.15) is 11.6 Å². The van der Waals surface area contributed by atoms with Crippen molar-refractivity contribution in [2.24, 2.45) is 0 Å². The Hall–Kier alpha value is -1.45. The SMILES string of the molecule is CCCNC(c1ccc(Cl)c(F)c1)c1ccccc1F. The van der Waals surface area contributed by atoms with E-state index in [0.29, 0.717) is 17.7 Å². The molecule has 0 spiro atoms. The van der Waals surface area contributed by atoms with Gasteiger partial charge < -0.3 is 5.32 Å². The van der Waals surface area contributed by atoms with E-state index in [0.717, 1.165) is 6.42 Å². The molecule has 0 aromatic heterocycles. The molecule has 4 heteroatoms. The lowest BCUT2D eigenvalue weighted by molar-refractivity contribution is 0.543. The average molecular weight is 296 g/mol. The second-order valence-corrected chi connectivity index (χ2v) is 4.99. The molecule has 1 N–H and O–H groups in total. The van der Waals surface area contributed by atoms with Crippen LogP contribution in [0.2, 0.25) is 5.02 Å². The summed E-state index contributed by atoms with van der Waals surface area (Å²) in [5.74, 6) is -0.805. The van der Waals surface area contributed by atoms with Crippen molar-refractivity contribution in [2.75, 3.05) is 6.54 Å². The van der Waals surface area contributed by atoms with Gasteiger partial charge in [-0.1, -0.05) is 42.8 Å². The van der Waals surface area contributed by atoms with E-state index in [2.05, 4.69) is 5.32 Å². The first-order valence-corrected chi connectivity index (χ1v) is 6.94. The molecule has 0 aliphatic rings. The molecule has 0 heterocycles. The van der Waals surface area contributed by atoms with Crippen molar-refractivity contribution >= 4 is 11.6 Å². The fraction of sp³-hybridized carbons (Fsp3) is 0.250. The number of halogens is 3. The Balaban J connectivity index is 2.41. The Kier molecular flexibility index (Phi) is 5.10. The number of hydrogen-bond donors (Lipinski definition) is 1. The molecule has 1 nitrogen and oxygen atoms in total. The second kappa shape index (κ2) is 6.82. The monoisotopic (exact) mass is 295 g/mol. The van der Waals surface area contributed by atoms with E-state index < -0.39 is 5.82 Å². The van der Waals surface area contributed by atoms with Crippen LogP contribution in [-0.4, -0.2) is 6.54 Å². The third-order valence-corrected chi connectivity index (χ3v) is 3.40. The minimum absolute atomic E-state index is 0.0662. The summed E-state index contributed by atoms with van der Waals surface area (Å²) in [7, 11) is 0. The molecule has 0 aliphatic heterocycles. The van der Waals surface area contributed by atoms with Crippen LogP contribution in [0.25, 0.3) is 0 Å². The minimum atomic E-state index is -0.496. The van der Waals surface area contributed by atoms with Gasteiger partial charge >= 0.3 is 0 Å². The molecule has 20 heavy (non-hydrogen) atoms. The Labute approximate surface area is 122 Å². The van der Waals surface area contributed by atoms with Gasteiger partial charge in [-0.05, 0) is 36.7 Å². The molecule has 1 atom stereocenters. The normalized spacial score (nSPS) is 12.4. The smallest absolute Gasteiger partial charge is 0.142 e. The van der Waals surface area contributed by atoms with E-state index in [1.54, 1.807) is 24.3 Å². The van der Waals surface area contributed by atoms with Crippen LogP contribution in [0.3, 0.4) is 0 Å². The van der Waals surface area contributed by atoms with Crippen LogP contribution in [0.1, 0.15) is 30.5 Å². The van der Waals surface area contributed by atoms with E-state index in [1.807, 2.05) is 6.92 Å². The summed E-state index contributed by atoms with van der Waals surface area (Å²) in [5, 5.41) is 3.31. The molecule has 2 aromatic rings. The fourth-order valence-electron chi connectivity index (χ4n) is 2.10. The molecule has 0 aliphatic carbocycles. The summed E-state index contributed by atoms with van der Waals surface area (Å²) in [5.41, 5.74) is 1.16. The number of hydrogen-bond acceptors (Lipinski definition) is 1. The zero-order chi connectivity index (χ0) is 14.5. The predicted octanol–water partition coefficient (Wildman–Crippen LogP) is 4.71. The summed E-state index contributed by atoms with van der Waals surface area (Å²) >= 11 is 5.70. The van der Waals surface area contributed by atoms with Gasteiger partial charge in [0.05, 0.1) is 11.1 Å². The molecule has 0 saturated heterocycles. The molecule has 0 radical (unpaired) electrons. The van der Waals surface area contributed by atoms with Crippen molar-refractivity contribution in [2.45, 2.75) is 19.4 Å². The first-order valence-electron chi connectivity index (χ1n) is 6.56. The third-order valence-electron chi connectivity index (χ3n) is 3.09. The summed E-state index contributed by atoms with van der Waals surface area (Å²) in [6.45, 7) is 2.73. The van der Waals surface area contributed by atoms with Gasteiger partial charge in [0.25, 0.3) is 0 Å². The average Bonchev–Trinajstić information content (AvgIpc) is 2.44. The Morgan fingerprint density at radius 3 is 2.50 bits per heavy atom. The van der Waals surface area contributed by atoms with Crippen LogP contribution >= 0.6 is 11.6 Å². The Morgan fingerprint density at radius 1 is 1.10 bits per heavy atom. The minimum Gasteiger partial charge on any atom is -0.306 e. The molecule has 0 amide bonds. The van der Waals surface area contributed by atoms with E-state index in [1.165, 1.54) is 18.2 Å². The standard InChI is InChI=1S/C16H16ClF2N/c1-2-9-20-16(12-5-3-4-6-14(12)18)11-7-8-13(17)15(19)10-11/h3-8,10,16,20H,2,9H2,1H3. The highest BCUT2D eigenvalue weighted by atomic mass is 35.5. The third kappa shape index (κ3) is 3.35. The topological polar surface area (TPSA) is 12.0 Å². The van der Waals surface area contributed by atoms with Crippen LogP contribution < -0.4 is 5.32 Å². The van der Waals surface area contributed by atoms with Crippen molar-refractivity contribution in [1.82, 2.24) is 5.32 Å². The number of nitrogens with one attached hydrogen (secondary N) is 1. The van der Waals surface area contributed by atoms with Crippen molar-refractivity contribution in [3.8, 4) is 0 Å². The first kappa shape index (κ1) is 14.9. The van der Waals surface area contributed by atoms with Crippen LogP contribution in [-0.2, 0) is 0 Å². The van der Waals surface area contributed by atoms with Crippen molar-refractivity contribution in [3.05, 3.63) is 70.2 Å². The summed E-state index contributed by atoms with van der Waals surface area (Å²) < 4.78 is 27.6. The fourth-order valence-corrected chi connectivity index (χ4v) is 2.21. The van der Waals surface area contributed by atoms with Gasteiger partial charge in [-0.25, -0.2) is 8.78 Å². The molecule has 0 saturated carbocycles. The maximum atomic E-state index is 14.0. The zero-order valence-corrected chi connectivity index (χ0v) is 11.9. The molecular weight excluding hydrogens is 280 g/mol. The van der Waals surface area contributed by atoms with E-state index in [-0.39, 0.29) is 16.9 Å². The van der Waals surface area contributed by atoms with E-state index in [9.17, 15) is 8.78 Å². The predicted molar refractivity (Wildman–Crippen MR) is 77.9 cm³/mol. The van der Waals surface area contributed by atoms with Crippen LogP contribution in [0, 0.1) is 11.6 Å². The van der Waals surface area contributed by atoms with Crippen molar-refractivity contribution in [3.63, 3.8) is 0 Å². The zero-order valence-electron chi connectivity index (χ0n) is 11.2. The molecule has 2 rings (SSSR count). The Bertz CT molecular complexity index is 586. The molecule has 0 bridgehead atoms. The van der Waals surface area contributed by atoms with E-state index in [4.69, 9.17) is 11.6 Å².